The molecule has 3 rings (SSSR count). The summed E-state index contributed by atoms with van der Waals surface area (Å²) >= 11 is 2.73. The van der Waals surface area contributed by atoms with Gasteiger partial charge >= 0.3 is 0 Å². The molecule has 9 heteroatoms. The first-order chi connectivity index (χ1) is 13.7. The summed E-state index contributed by atoms with van der Waals surface area (Å²) in [5.41, 5.74) is 1.59. The number of thioether (sulfide) groups is 1. The third kappa shape index (κ3) is 5.86. The van der Waals surface area contributed by atoms with Crippen LogP contribution in [0.5, 0.6) is 11.5 Å². The van der Waals surface area contributed by atoms with Crippen LogP contribution in [0.25, 0.3) is 0 Å². The van der Waals surface area contributed by atoms with Crippen molar-refractivity contribution >= 4 is 45.5 Å². The predicted octanol–water partition coefficient (Wildman–Crippen LogP) is 4.42. The van der Waals surface area contributed by atoms with Gasteiger partial charge in [-0.1, -0.05) is 29.2 Å². The summed E-state index contributed by atoms with van der Waals surface area (Å²) in [5.74, 6) is 1.68. The van der Waals surface area contributed by atoms with Crippen molar-refractivity contribution in [3.63, 3.8) is 0 Å². The largest absolute Gasteiger partial charge is 0.497 e. The van der Waals surface area contributed by atoms with Crippen LogP contribution in [0, 0.1) is 0 Å². The van der Waals surface area contributed by atoms with E-state index in [-0.39, 0.29) is 11.7 Å². The fraction of sp³-hybridized carbons (Fsp3) is 0.211. The number of carbonyl (C=O) groups is 1. The molecule has 0 aliphatic heterocycles. The molecule has 7 nitrogen and oxygen atoms in total. The van der Waals surface area contributed by atoms with E-state index in [1.54, 1.807) is 7.11 Å². The Balaban J connectivity index is 1.48. The summed E-state index contributed by atoms with van der Waals surface area (Å²) < 4.78 is 11.3. The van der Waals surface area contributed by atoms with Crippen LogP contribution in [0.3, 0.4) is 0 Å². The first-order valence-corrected chi connectivity index (χ1v) is 10.4. The first-order valence-electron chi connectivity index (χ1n) is 8.56. The minimum atomic E-state index is -0.105. The van der Waals surface area contributed by atoms with Crippen molar-refractivity contribution in [1.29, 1.82) is 0 Å². The van der Waals surface area contributed by atoms with E-state index in [0.29, 0.717) is 16.1 Å². The van der Waals surface area contributed by atoms with Gasteiger partial charge in [-0.2, -0.15) is 0 Å². The number of nitrogens with zero attached hydrogens (tertiary/aromatic N) is 2. The van der Waals surface area contributed by atoms with Crippen molar-refractivity contribution in [3.05, 3.63) is 48.5 Å². The summed E-state index contributed by atoms with van der Waals surface area (Å²) in [6.45, 7) is 2.54. The maximum Gasteiger partial charge on any atom is 0.234 e. The molecule has 146 valence electrons. The number of anilines is 3. The third-order valence-corrected chi connectivity index (χ3v) is 5.48. The smallest absolute Gasteiger partial charge is 0.234 e. The number of amides is 1. The Kier molecular flexibility index (Phi) is 7.10. The molecule has 0 fully saturated rings. The molecule has 3 aromatic rings. The zero-order chi connectivity index (χ0) is 19.8. The highest BCUT2D eigenvalue weighted by Crippen LogP contribution is 2.28. The SMILES string of the molecule is CCOc1ccc(NC(=O)CSc2nnc(Nc3cccc(OC)c3)s2)cc1. The van der Waals surface area contributed by atoms with E-state index >= 15 is 0 Å². The maximum absolute atomic E-state index is 12.1. The molecule has 28 heavy (non-hydrogen) atoms. The monoisotopic (exact) mass is 416 g/mol. The Labute approximate surface area is 171 Å². The van der Waals surface area contributed by atoms with Crippen LogP contribution in [0.2, 0.25) is 0 Å². The van der Waals surface area contributed by atoms with E-state index in [9.17, 15) is 4.79 Å². The highest BCUT2D eigenvalue weighted by Gasteiger charge is 2.09. The van der Waals surface area contributed by atoms with Crippen molar-refractivity contribution in [3.8, 4) is 11.5 Å². The number of aromatic nitrogens is 2. The second kappa shape index (κ2) is 9.95. The van der Waals surface area contributed by atoms with Crippen LogP contribution in [0.1, 0.15) is 6.92 Å². The van der Waals surface area contributed by atoms with Crippen molar-refractivity contribution in [2.75, 3.05) is 30.1 Å². The van der Waals surface area contributed by atoms with Gasteiger partial charge < -0.3 is 20.1 Å². The van der Waals surface area contributed by atoms with E-state index in [0.717, 1.165) is 22.9 Å². The van der Waals surface area contributed by atoms with Gasteiger partial charge in [0.2, 0.25) is 11.0 Å². The predicted molar refractivity (Wildman–Crippen MR) is 113 cm³/mol. The fourth-order valence-corrected chi connectivity index (χ4v) is 3.84. The molecule has 0 aliphatic carbocycles. The molecule has 0 unspecified atom stereocenters. The molecule has 1 aromatic heterocycles. The summed E-state index contributed by atoms with van der Waals surface area (Å²) in [5, 5.41) is 14.9. The highest BCUT2D eigenvalue weighted by atomic mass is 32.2. The molecule has 0 saturated carbocycles. The third-order valence-electron chi connectivity index (χ3n) is 3.50. The zero-order valence-electron chi connectivity index (χ0n) is 15.5. The van der Waals surface area contributed by atoms with E-state index in [4.69, 9.17) is 9.47 Å². The standard InChI is InChI=1S/C19H20N4O3S2/c1-3-26-15-9-7-13(8-10-15)20-17(24)12-27-19-23-22-18(28-19)21-14-5-4-6-16(11-14)25-2/h4-11H,3,12H2,1-2H3,(H,20,24)(H,21,22). The van der Waals surface area contributed by atoms with Gasteiger partial charge in [0.25, 0.3) is 0 Å². The molecular formula is C19H20N4O3S2. The quantitative estimate of drug-likeness (QED) is 0.499. The van der Waals surface area contributed by atoms with Crippen molar-refractivity contribution < 1.29 is 14.3 Å². The van der Waals surface area contributed by atoms with Crippen LogP contribution in [-0.4, -0.2) is 35.6 Å². The molecule has 0 spiro atoms. The van der Waals surface area contributed by atoms with Crippen molar-refractivity contribution in [1.82, 2.24) is 10.2 Å². The molecule has 2 N–H and O–H groups in total. The lowest BCUT2D eigenvalue weighted by atomic mass is 10.3. The molecule has 0 bridgehead atoms. The lowest BCUT2D eigenvalue weighted by Gasteiger charge is -2.06. The second-order valence-electron chi connectivity index (χ2n) is 5.52. The van der Waals surface area contributed by atoms with Gasteiger partial charge in [-0.05, 0) is 43.3 Å². The van der Waals surface area contributed by atoms with E-state index in [2.05, 4.69) is 20.8 Å². The van der Waals surface area contributed by atoms with Gasteiger partial charge in [0.05, 0.1) is 19.5 Å². The molecule has 0 aliphatic rings. The molecule has 2 aromatic carbocycles. The van der Waals surface area contributed by atoms with E-state index < -0.39 is 0 Å². The first kappa shape index (κ1) is 20.0. The summed E-state index contributed by atoms with van der Waals surface area (Å²) in [4.78, 5) is 12.1. The Bertz CT molecular complexity index is 916. The van der Waals surface area contributed by atoms with E-state index in [1.165, 1.54) is 23.1 Å². The van der Waals surface area contributed by atoms with E-state index in [1.807, 2.05) is 55.5 Å². The van der Waals surface area contributed by atoms with Crippen LogP contribution < -0.4 is 20.1 Å². The number of nitrogens with one attached hydrogen (secondary N) is 2. The second-order valence-corrected chi connectivity index (χ2v) is 7.72. The van der Waals surface area contributed by atoms with Crippen LogP contribution >= 0.6 is 23.1 Å². The average molecular weight is 417 g/mol. The summed E-state index contributed by atoms with van der Waals surface area (Å²) in [6, 6.07) is 14.8. The minimum absolute atomic E-state index is 0.105. The van der Waals surface area contributed by atoms with Crippen LogP contribution in [-0.2, 0) is 4.79 Å². The number of rotatable bonds is 9. The number of methoxy groups -OCH3 is 1. The molecule has 1 heterocycles. The molecular weight excluding hydrogens is 396 g/mol. The average Bonchev–Trinajstić information content (AvgIpc) is 3.15. The molecule has 0 atom stereocenters. The van der Waals surface area contributed by atoms with Crippen molar-refractivity contribution in [2.24, 2.45) is 0 Å². The lowest BCUT2D eigenvalue weighted by molar-refractivity contribution is -0.113. The van der Waals surface area contributed by atoms with Gasteiger partial charge in [0.1, 0.15) is 11.5 Å². The van der Waals surface area contributed by atoms with Crippen LogP contribution in [0.15, 0.2) is 52.9 Å². The topological polar surface area (TPSA) is 85.4 Å². The van der Waals surface area contributed by atoms with Gasteiger partial charge in [-0.3, -0.25) is 4.79 Å². The normalized spacial score (nSPS) is 10.4. The molecule has 1 amide bonds. The van der Waals surface area contributed by atoms with Gasteiger partial charge in [0.15, 0.2) is 4.34 Å². The lowest BCUT2D eigenvalue weighted by Crippen LogP contribution is -2.13. The number of hydrogen-bond donors (Lipinski definition) is 2. The Morgan fingerprint density at radius 1 is 1.11 bits per heavy atom. The van der Waals surface area contributed by atoms with Gasteiger partial charge in [0, 0.05) is 17.4 Å². The Morgan fingerprint density at radius 2 is 1.93 bits per heavy atom. The molecule has 0 radical (unpaired) electrons. The van der Waals surface area contributed by atoms with Crippen molar-refractivity contribution in [2.45, 2.75) is 11.3 Å². The number of hydrogen-bond acceptors (Lipinski definition) is 8. The number of ether oxygens (including phenoxy) is 2. The molecule has 0 saturated heterocycles. The Morgan fingerprint density at radius 3 is 2.68 bits per heavy atom. The van der Waals surface area contributed by atoms with Gasteiger partial charge in [-0.25, -0.2) is 0 Å². The minimum Gasteiger partial charge on any atom is -0.497 e. The fourth-order valence-electron chi connectivity index (χ4n) is 2.27. The maximum atomic E-state index is 12.1. The summed E-state index contributed by atoms with van der Waals surface area (Å²) in [7, 11) is 1.62. The van der Waals surface area contributed by atoms with Crippen LogP contribution in [0.4, 0.5) is 16.5 Å². The number of carbonyl (C=O) groups excluding carboxylic acids is 1. The van der Waals surface area contributed by atoms with Gasteiger partial charge in [-0.15, -0.1) is 10.2 Å². The summed E-state index contributed by atoms with van der Waals surface area (Å²) in [6.07, 6.45) is 0. The Hall–Kier alpha value is -2.78. The number of benzene rings is 2. The highest BCUT2D eigenvalue weighted by molar-refractivity contribution is 8.01. The zero-order valence-corrected chi connectivity index (χ0v) is 17.1.